The largest absolute Gasteiger partial charge is 0.423 e. The van der Waals surface area contributed by atoms with E-state index < -0.39 is 44.6 Å². The SMILES string of the molecule is O=C(Oc1ccc(N2C(=O)c3ccccc3C2=O)cc1)c1ccc([N+](=O)[O-])cc1[N+](=O)[O-]. The molecule has 0 radical (unpaired) electrons. The monoisotopic (exact) mass is 433 g/mol. The van der Waals surface area contributed by atoms with Crippen LogP contribution in [-0.4, -0.2) is 27.6 Å². The molecule has 0 N–H and O–H groups in total. The predicted molar refractivity (Wildman–Crippen MR) is 109 cm³/mol. The minimum Gasteiger partial charge on any atom is -0.423 e. The number of hydrogen-bond donors (Lipinski definition) is 0. The summed E-state index contributed by atoms with van der Waals surface area (Å²) >= 11 is 0. The number of ether oxygens (including phenoxy) is 1. The van der Waals surface area contributed by atoms with Crippen LogP contribution in [0.15, 0.2) is 66.7 Å². The number of benzene rings is 3. The van der Waals surface area contributed by atoms with Gasteiger partial charge in [0.15, 0.2) is 0 Å². The molecule has 0 saturated heterocycles. The molecule has 0 unspecified atom stereocenters. The molecule has 11 heteroatoms. The number of fused-ring (bicyclic) bond motifs is 1. The van der Waals surface area contributed by atoms with Crippen molar-refractivity contribution in [2.75, 3.05) is 4.90 Å². The lowest BCUT2D eigenvalue weighted by Gasteiger charge is -2.14. The van der Waals surface area contributed by atoms with E-state index in [2.05, 4.69) is 0 Å². The van der Waals surface area contributed by atoms with E-state index in [0.29, 0.717) is 6.07 Å². The lowest BCUT2D eigenvalue weighted by molar-refractivity contribution is -0.394. The van der Waals surface area contributed by atoms with Gasteiger partial charge >= 0.3 is 5.97 Å². The van der Waals surface area contributed by atoms with Gasteiger partial charge in [-0.15, -0.1) is 0 Å². The molecule has 0 atom stereocenters. The third-order valence-electron chi connectivity index (χ3n) is 4.71. The maximum absolute atomic E-state index is 12.5. The molecule has 3 aromatic carbocycles. The number of nitrogens with zero attached hydrogens (tertiary/aromatic N) is 3. The second-order valence-electron chi connectivity index (χ2n) is 6.59. The maximum Gasteiger partial charge on any atom is 0.350 e. The van der Waals surface area contributed by atoms with Crippen molar-refractivity contribution in [3.05, 3.63) is 104 Å². The van der Waals surface area contributed by atoms with E-state index in [-0.39, 0.29) is 22.6 Å². The fourth-order valence-corrected chi connectivity index (χ4v) is 3.21. The number of nitro benzene ring substituents is 2. The Bertz CT molecular complexity index is 1280. The van der Waals surface area contributed by atoms with Crippen LogP contribution in [0, 0.1) is 20.2 Å². The number of hydrogen-bond acceptors (Lipinski definition) is 8. The molecular weight excluding hydrogens is 422 g/mol. The Morgan fingerprint density at radius 3 is 1.94 bits per heavy atom. The number of carbonyl (C=O) groups is 3. The first-order valence-electron chi connectivity index (χ1n) is 9.01. The second kappa shape index (κ2) is 7.72. The zero-order chi connectivity index (χ0) is 23.0. The molecular formula is C21H11N3O8. The number of nitro groups is 2. The van der Waals surface area contributed by atoms with Crippen molar-refractivity contribution in [2.24, 2.45) is 0 Å². The number of esters is 1. The zero-order valence-electron chi connectivity index (χ0n) is 16.0. The average Bonchev–Trinajstić information content (AvgIpc) is 3.04. The number of amides is 2. The van der Waals surface area contributed by atoms with E-state index in [0.717, 1.165) is 17.0 Å². The van der Waals surface area contributed by atoms with E-state index >= 15 is 0 Å². The second-order valence-corrected chi connectivity index (χ2v) is 6.59. The summed E-state index contributed by atoms with van der Waals surface area (Å²) in [5, 5.41) is 22.0. The summed E-state index contributed by atoms with van der Waals surface area (Å²) in [7, 11) is 0. The third-order valence-corrected chi connectivity index (χ3v) is 4.71. The van der Waals surface area contributed by atoms with Crippen molar-refractivity contribution >= 4 is 34.8 Å². The fourth-order valence-electron chi connectivity index (χ4n) is 3.21. The molecule has 1 aliphatic heterocycles. The van der Waals surface area contributed by atoms with E-state index in [9.17, 15) is 34.6 Å². The van der Waals surface area contributed by atoms with E-state index in [1.165, 1.54) is 24.3 Å². The lowest BCUT2D eigenvalue weighted by Crippen LogP contribution is -2.29. The number of imide groups is 1. The Balaban J connectivity index is 1.56. The van der Waals surface area contributed by atoms with Crippen molar-refractivity contribution < 1.29 is 29.0 Å². The standard InChI is InChI=1S/C21H11N3O8/c25-19-15-3-1-2-4-16(15)20(26)22(19)12-5-8-14(9-6-12)32-21(27)17-10-7-13(23(28)29)11-18(17)24(30)31/h1-11H. The molecule has 3 aromatic rings. The molecule has 2 amide bonds. The number of carbonyl (C=O) groups excluding carboxylic acids is 3. The van der Waals surface area contributed by atoms with Crippen LogP contribution in [0.3, 0.4) is 0 Å². The molecule has 0 aromatic heterocycles. The van der Waals surface area contributed by atoms with Crippen LogP contribution in [0.4, 0.5) is 17.1 Å². The van der Waals surface area contributed by atoms with Crippen molar-refractivity contribution in [1.29, 1.82) is 0 Å². The summed E-state index contributed by atoms with van der Waals surface area (Å²) in [6.07, 6.45) is 0. The third kappa shape index (κ3) is 3.43. The van der Waals surface area contributed by atoms with E-state index in [1.54, 1.807) is 24.3 Å². The van der Waals surface area contributed by atoms with Gasteiger partial charge in [0, 0.05) is 6.07 Å². The van der Waals surface area contributed by atoms with Crippen molar-refractivity contribution in [3.8, 4) is 5.75 Å². The van der Waals surface area contributed by atoms with Gasteiger partial charge in [-0.05, 0) is 42.5 Å². The molecule has 1 aliphatic rings. The highest BCUT2D eigenvalue weighted by Crippen LogP contribution is 2.30. The molecule has 0 aliphatic carbocycles. The average molecular weight is 433 g/mol. The first kappa shape index (κ1) is 20.3. The quantitative estimate of drug-likeness (QED) is 0.195. The minimum absolute atomic E-state index is 0.0111. The molecule has 0 fully saturated rings. The highest BCUT2D eigenvalue weighted by atomic mass is 16.6. The Morgan fingerprint density at radius 2 is 1.41 bits per heavy atom. The number of non-ortho nitro benzene ring substituents is 1. The summed E-state index contributed by atoms with van der Waals surface area (Å²) in [6, 6.07) is 14.3. The molecule has 1 heterocycles. The summed E-state index contributed by atoms with van der Waals surface area (Å²) < 4.78 is 5.12. The van der Waals surface area contributed by atoms with Gasteiger partial charge in [-0.25, -0.2) is 9.69 Å². The Hall–Kier alpha value is -4.93. The van der Waals surface area contributed by atoms with Gasteiger partial charge in [-0.2, -0.15) is 0 Å². The van der Waals surface area contributed by atoms with Crippen molar-refractivity contribution in [2.45, 2.75) is 0 Å². The van der Waals surface area contributed by atoms with Crippen LogP contribution in [0.2, 0.25) is 0 Å². The molecule has 32 heavy (non-hydrogen) atoms. The van der Waals surface area contributed by atoms with Crippen LogP contribution < -0.4 is 9.64 Å². The molecule has 11 nitrogen and oxygen atoms in total. The molecule has 4 rings (SSSR count). The van der Waals surface area contributed by atoms with Gasteiger partial charge in [0.1, 0.15) is 11.3 Å². The van der Waals surface area contributed by atoms with Gasteiger partial charge in [0.2, 0.25) is 0 Å². The minimum atomic E-state index is -1.10. The van der Waals surface area contributed by atoms with Gasteiger partial charge < -0.3 is 4.74 Å². The summed E-state index contributed by atoms with van der Waals surface area (Å²) in [6.45, 7) is 0. The molecule has 0 bridgehead atoms. The van der Waals surface area contributed by atoms with Crippen molar-refractivity contribution in [3.63, 3.8) is 0 Å². The Morgan fingerprint density at radius 1 is 0.812 bits per heavy atom. The lowest BCUT2D eigenvalue weighted by atomic mass is 10.1. The first-order valence-corrected chi connectivity index (χ1v) is 9.01. The van der Waals surface area contributed by atoms with Gasteiger partial charge in [-0.3, -0.25) is 29.8 Å². The van der Waals surface area contributed by atoms with Crippen LogP contribution in [-0.2, 0) is 0 Å². The Kier molecular flexibility index (Phi) is 4.91. The zero-order valence-corrected chi connectivity index (χ0v) is 16.0. The summed E-state index contributed by atoms with van der Waals surface area (Å²) in [5.41, 5.74) is -0.982. The number of rotatable bonds is 5. The molecule has 0 saturated carbocycles. The first-order chi connectivity index (χ1) is 15.3. The normalized spacial score (nSPS) is 12.4. The highest BCUT2D eigenvalue weighted by Gasteiger charge is 2.36. The van der Waals surface area contributed by atoms with Crippen LogP contribution in [0.25, 0.3) is 0 Å². The molecule has 0 spiro atoms. The van der Waals surface area contributed by atoms with Crippen LogP contribution >= 0.6 is 0 Å². The van der Waals surface area contributed by atoms with E-state index in [1.807, 2.05) is 0 Å². The number of anilines is 1. The van der Waals surface area contributed by atoms with Gasteiger partial charge in [0.05, 0.1) is 32.7 Å². The van der Waals surface area contributed by atoms with Crippen LogP contribution in [0.1, 0.15) is 31.1 Å². The molecule has 158 valence electrons. The van der Waals surface area contributed by atoms with Crippen molar-refractivity contribution in [1.82, 2.24) is 0 Å². The highest BCUT2D eigenvalue weighted by molar-refractivity contribution is 6.34. The van der Waals surface area contributed by atoms with Gasteiger partial charge in [0.25, 0.3) is 23.2 Å². The topological polar surface area (TPSA) is 150 Å². The smallest absolute Gasteiger partial charge is 0.350 e. The van der Waals surface area contributed by atoms with Gasteiger partial charge in [-0.1, -0.05) is 12.1 Å². The summed E-state index contributed by atoms with van der Waals surface area (Å²) in [5.74, 6) is -2.09. The predicted octanol–water partition coefficient (Wildman–Crippen LogP) is 3.52. The van der Waals surface area contributed by atoms with Crippen LogP contribution in [0.5, 0.6) is 5.75 Å². The Labute approximate surface area is 178 Å². The summed E-state index contributed by atoms with van der Waals surface area (Å²) in [4.78, 5) is 58.7. The fraction of sp³-hybridized carbons (Fsp3) is 0. The maximum atomic E-state index is 12.5. The van der Waals surface area contributed by atoms with E-state index in [4.69, 9.17) is 4.74 Å².